The number of Topliss-reactive ketones (excluding diaryl/α,β-unsaturated/α-hetero) is 1. The summed E-state index contributed by atoms with van der Waals surface area (Å²) in [5.41, 5.74) is 5.25. The van der Waals surface area contributed by atoms with Crippen molar-refractivity contribution in [2.24, 2.45) is 0 Å². The maximum absolute atomic E-state index is 13.4. The number of amides is 1. The van der Waals surface area contributed by atoms with E-state index in [9.17, 15) is 14.4 Å². The van der Waals surface area contributed by atoms with Crippen molar-refractivity contribution >= 4 is 34.9 Å². The number of benzene rings is 2. The maximum Gasteiger partial charge on any atom is 0.325 e. The van der Waals surface area contributed by atoms with Crippen LogP contribution in [0.25, 0.3) is 11.1 Å². The fraction of sp³-hybridized carbons (Fsp3) is 0.250. The molecule has 1 aliphatic rings. The molecule has 41 heavy (non-hydrogen) atoms. The summed E-state index contributed by atoms with van der Waals surface area (Å²) < 4.78 is 6.23. The Bertz CT molecular complexity index is 1530. The van der Waals surface area contributed by atoms with Crippen molar-refractivity contribution in [3.05, 3.63) is 95.9 Å². The average Bonchev–Trinajstić information content (AvgIpc) is 3.40. The minimum absolute atomic E-state index is 0.131. The number of carbonyl (C=O) groups is 3. The topological polar surface area (TPSA) is 96.8 Å². The molecule has 0 aliphatic carbocycles. The van der Waals surface area contributed by atoms with Gasteiger partial charge in [0.2, 0.25) is 0 Å². The van der Waals surface area contributed by atoms with Crippen LogP contribution in [0.3, 0.4) is 0 Å². The molecule has 0 bridgehead atoms. The van der Waals surface area contributed by atoms with Gasteiger partial charge in [-0.2, -0.15) is 0 Å². The monoisotopic (exact) mass is 551 g/mol. The fourth-order valence-electron chi connectivity index (χ4n) is 5.14. The molecular formula is C32H33N5O4. The Balaban J connectivity index is 1.26. The van der Waals surface area contributed by atoms with Crippen LogP contribution in [0.1, 0.15) is 21.7 Å². The van der Waals surface area contributed by atoms with Gasteiger partial charge in [0.15, 0.2) is 0 Å². The molecule has 0 saturated carbocycles. The summed E-state index contributed by atoms with van der Waals surface area (Å²) >= 11 is 0. The first-order valence-corrected chi connectivity index (χ1v) is 13.5. The molecule has 5 rings (SSSR count). The van der Waals surface area contributed by atoms with Crippen molar-refractivity contribution in [2.75, 3.05) is 48.4 Å². The van der Waals surface area contributed by atoms with Gasteiger partial charge < -0.3 is 24.4 Å². The highest BCUT2D eigenvalue weighted by molar-refractivity contribution is 6.47. The first kappa shape index (κ1) is 27.6. The Kier molecular flexibility index (Phi) is 8.14. The number of hydrogen-bond donors (Lipinski definition) is 1. The van der Waals surface area contributed by atoms with Gasteiger partial charge in [-0.15, -0.1) is 0 Å². The van der Waals surface area contributed by atoms with E-state index in [1.54, 1.807) is 24.4 Å². The molecule has 0 unspecified atom stereocenters. The number of nitrogens with zero attached hydrogens (tertiary/aromatic N) is 4. The van der Waals surface area contributed by atoms with E-state index < -0.39 is 17.7 Å². The van der Waals surface area contributed by atoms with E-state index in [0.29, 0.717) is 11.3 Å². The minimum Gasteiger partial charge on any atom is -0.468 e. The minimum atomic E-state index is -0.783. The van der Waals surface area contributed by atoms with E-state index in [2.05, 4.69) is 39.2 Å². The molecule has 0 atom stereocenters. The second-order valence-electron chi connectivity index (χ2n) is 10.1. The zero-order chi connectivity index (χ0) is 28.9. The SMILES string of the molecule is COC(=O)Cn1ccc(-c2ccccc2)c1C(=O)C(=O)Nc1ccc(N2CCN(c3cc(C)cc(C)n3)CC2)cc1. The molecule has 0 radical (unpaired) electrons. The summed E-state index contributed by atoms with van der Waals surface area (Å²) in [4.78, 5) is 47.8. The smallest absolute Gasteiger partial charge is 0.325 e. The number of esters is 1. The standard InChI is InChI=1S/C32H33N5O4/c1-22-19-23(2)33-28(20-22)36-17-15-35(16-18-36)26-11-9-25(10-12-26)34-32(40)31(39)30-27(24-7-5-4-6-8-24)13-14-37(30)21-29(38)41-3/h4-14,19-20H,15-18,21H2,1-3H3,(H,34,40). The fourth-order valence-corrected chi connectivity index (χ4v) is 5.14. The van der Waals surface area contributed by atoms with Gasteiger partial charge in [-0.25, -0.2) is 4.98 Å². The van der Waals surface area contributed by atoms with Crippen molar-refractivity contribution in [1.29, 1.82) is 0 Å². The average molecular weight is 552 g/mol. The first-order chi connectivity index (χ1) is 19.8. The molecule has 4 aromatic rings. The predicted octanol–water partition coefficient (Wildman–Crippen LogP) is 4.49. The van der Waals surface area contributed by atoms with Crippen LogP contribution in [-0.2, 0) is 20.9 Å². The Morgan fingerprint density at radius 3 is 2.22 bits per heavy atom. The summed E-state index contributed by atoms with van der Waals surface area (Å²) in [6.45, 7) is 7.33. The zero-order valence-electron chi connectivity index (χ0n) is 23.5. The van der Waals surface area contributed by atoms with Crippen molar-refractivity contribution in [3.63, 3.8) is 0 Å². The number of aryl methyl sites for hydroxylation is 2. The lowest BCUT2D eigenvalue weighted by molar-refractivity contribution is -0.141. The van der Waals surface area contributed by atoms with Crippen LogP contribution in [-0.4, -0.2) is 60.5 Å². The summed E-state index contributed by atoms with van der Waals surface area (Å²) in [6, 6.07) is 22.7. The Morgan fingerprint density at radius 1 is 0.878 bits per heavy atom. The molecule has 1 amide bonds. The van der Waals surface area contributed by atoms with Crippen LogP contribution in [0.2, 0.25) is 0 Å². The first-order valence-electron chi connectivity index (χ1n) is 13.5. The third-order valence-corrected chi connectivity index (χ3v) is 7.17. The lowest BCUT2D eigenvalue weighted by Crippen LogP contribution is -2.46. The van der Waals surface area contributed by atoms with Crippen molar-refractivity contribution in [2.45, 2.75) is 20.4 Å². The molecule has 3 heterocycles. The van der Waals surface area contributed by atoms with E-state index in [-0.39, 0.29) is 12.2 Å². The van der Waals surface area contributed by atoms with Crippen LogP contribution >= 0.6 is 0 Å². The van der Waals surface area contributed by atoms with Gasteiger partial charge in [-0.1, -0.05) is 30.3 Å². The van der Waals surface area contributed by atoms with Gasteiger partial charge >= 0.3 is 5.97 Å². The van der Waals surface area contributed by atoms with E-state index in [4.69, 9.17) is 4.74 Å². The number of pyridine rings is 1. The Morgan fingerprint density at radius 2 is 1.56 bits per heavy atom. The van der Waals surface area contributed by atoms with Crippen molar-refractivity contribution in [1.82, 2.24) is 9.55 Å². The zero-order valence-corrected chi connectivity index (χ0v) is 23.5. The molecule has 1 N–H and O–H groups in total. The van der Waals surface area contributed by atoms with Crippen LogP contribution in [0, 0.1) is 13.8 Å². The van der Waals surface area contributed by atoms with Gasteiger partial charge in [-0.3, -0.25) is 14.4 Å². The van der Waals surface area contributed by atoms with Crippen LogP contribution < -0.4 is 15.1 Å². The molecular weight excluding hydrogens is 518 g/mol. The number of ketones is 1. The van der Waals surface area contributed by atoms with E-state index in [1.807, 2.05) is 49.4 Å². The van der Waals surface area contributed by atoms with Gasteiger partial charge in [0.05, 0.1) is 7.11 Å². The van der Waals surface area contributed by atoms with Crippen LogP contribution in [0.15, 0.2) is 79.0 Å². The predicted molar refractivity (Wildman–Crippen MR) is 159 cm³/mol. The number of aromatic nitrogens is 2. The number of nitrogens with one attached hydrogen (secondary N) is 1. The molecule has 0 spiro atoms. The normalized spacial score (nSPS) is 13.1. The summed E-state index contributed by atoms with van der Waals surface area (Å²) in [5.74, 6) is -1.03. The summed E-state index contributed by atoms with van der Waals surface area (Å²) in [5, 5.41) is 2.72. The van der Waals surface area contributed by atoms with Gasteiger partial charge in [-0.05, 0) is 67.4 Å². The second kappa shape index (κ2) is 12.1. The van der Waals surface area contributed by atoms with Gasteiger partial charge in [0.1, 0.15) is 18.1 Å². The number of carbonyl (C=O) groups excluding carboxylic acids is 3. The number of piperazine rings is 1. The number of hydrogen-bond acceptors (Lipinski definition) is 7. The Hall–Kier alpha value is -4.92. The van der Waals surface area contributed by atoms with Crippen LogP contribution in [0.4, 0.5) is 17.2 Å². The molecule has 9 nitrogen and oxygen atoms in total. The third kappa shape index (κ3) is 6.30. The molecule has 9 heteroatoms. The lowest BCUT2D eigenvalue weighted by Gasteiger charge is -2.37. The molecule has 2 aromatic carbocycles. The molecule has 1 saturated heterocycles. The largest absolute Gasteiger partial charge is 0.468 e. The molecule has 1 fully saturated rings. The van der Waals surface area contributed by atoms with Crippen LogP contribution in [0.5, 0.6) is 0 Å². The highest BCUT2D eigenvalue weighted by Crippen LogP contribution is 2.27. The highest BCUT2D eigenvalue weighted by atomic mass is 16.5. The van der Waals surface area contributed by atoms with Crippen molar-refractivity contribution in [3.8, 4) is 11.1 Å². The molecule has 210 valence electrons. The number of ether oxygens (including phenoxy) is 1. The Labute approximate surface area is 239 Å². The van der Waals surface area contributed by atoms with Gasteiger partial charge in [0.25, 0.3) is 11.7 Å². The maximum atomic E-state index is 13.4. The molecule has 1 aliphatic heterocycles. The molecule has 2 aromatic heterocycles. The van der Waals surface area contributed by atoms with E-state index in [1.165, 1.54) is 17.2 Å². The van der Waals surface area contributed by atoms with Crippen molar-refractivity contribution < 1.29 is 19.1 Å². The quantitative estimate of drug-likeness (QED) is 0.196. The van der Waals surface area contributed by atoms with E-state index in [0.717, 1.165) is 48.9 Å². The summed E-state index contributed by atoms with van der Waals surface area (Å²) in [6.07, 6.45) is 1.62. The lowest BCUT2D eigenvalue weighted by atomic mass is 10.0. The number of methoxy groups -OCH3 is 1. The number of anilines is 3. The highest BCUT2D eigenvalue weighted by Gasteiger charge is 2.26. The number of rotatable bonds is 8. The van der Waals surface area contributed by atoms with Gasteiger partial charge in [0, 0.05) is 55.0 Å². The van der Waals surface area contributed by atoms with E-state index >= 15 is 0 Å². The summed E-state index contributed by atoms with van der Waals surface area (Å²) in [7, 11) is 1.28. The second-order valence-corrected chi connectivity index (χ2v) is 10.1. The third-order valence-electron chi connectivity index (χ3n) is 7.17.